The van der Waals surface area contributed by atoms with Crippen LogP contribution in [0.1, 0.15) is 24.9 Å². The minimum Gasteiger partial charge on any atom is -0.462 e. The molecule has 0 aliphatic heterocycles. The van der Waals surface area contributed by atoms with Gasteiger partial charge in [0.25, 0.3) is 0 Å². The fraction of sp³-hybridized carbons (Fsp3) is 0.600. The van der Waals surface area contributed by atoms with Crippen molar-refractivity contribution in [2.75, 3.05) is 6.54 Å². The Morgan fingerprint density at radius 1 is 1.43 bits per heavy atom. The van der Waals surface area contributed by atoms with E-state index in [2.05, 4.69) is 5.32 Å². The van der Waals surface area contributed by atoms with Gasteiger partial charge >= 0.3 is 0 Å². The lowest BCUT2D eigenvalue weighted by molar-refractivity contribution is 0.166. The summed E-state index contributed by atoms with van der Waals surface area (Å²) in [4.78, 5) is 0. The Morgan fingerprint density at radius 2 is 2.14 bits per heavy atom. The molecule has 1 unspecified atom stereocenters. The van der Waals surface area contributed by atoms with Gasteiger partial charge in [0.15, 0.2) is 0 Å². The maximum atomic E-state index is 9.25. The molecule has 1 atom stereocenters. The summed E-state index contributed by atoms with van der Waals surface area (Å²) in [5.41, 5.74) is 0. The van der Waals surface area contributed by atoms with Gasteiger partial charge in [0.2, 0.25) is 0 Å². The van der Waals surface area contributed by atoms with E-state index in [4.69, 9.17) is 9.52 Å². The van der Waals surface area contributed by atoms with Crippen molar-refractivity contribution in [1.29, 1.82) is 0 Å². The summed E-state index contributed by atoms with van der Waals surface area (Å²) in [6.45, 7) is 3.00. The molecular weight excluding hydrogens is 182 g/mol. The first kappa shape index (κ1) is 11.2. The molecule has 1 rings (SSSR count). The van der Waals surface area contributed by atoms with Gasteiger partial charge in [0.1, 0.15) is 18.1 Å². The van der Waals surface area contributed by atoms with Crippen LogP contribution in [0.4, 0.5) is 0 Å². The summed E-state index contributed by atoms with van der Waals surface area (Å²) >= 11 is 0. The highest BCUT2D eigenvalue weighted by Gasteiger charge is 2.02. The van der Waals surface area contributed by atoms with Crippen LogP contribution in [0.3, 0.4) is 0 Å². The maximum absolute atomic E-state index is 9.25. The molecule has 0 amide bonds. The second-order valence-electron chi connectivity index (χ2n) is 3.22. The van der Waals surface area contributed by atoms with Gasteiger partial charge in [-0.25, -0.2) is 0 Å². The number of hydrogen-bond donors (Lipinski definition) is 3. The Hall–Kier alpha value is -0.840. The van der Waals surface area contributed by atoms with Crippen molar-refractivity contribution in [2.45, 2.75) is 32.6 Å². The number of hydrogen-bond acceptors (Lipinski definition) is 4. The molecule has 0 fully saturated rings. The Balaban J connectivity index is 2.24. The van der Waals surface area contributed by atoms with Crippen LogP contribution in [-0.2, 0) is 13.2 Å². The molecule has 3 N–H and O–H groups in total. The van der Waals surface area contributed by atoms with Crippen LogP contribution in [0, 0.1) is 0 Å². The summed E-state index contributed by atoms with van der Waals surface area (Å²) < 4.78 is 5.25. The average Bonchev–Trinajstić information content (AvgIpc) is 2.65. The van der Waals surface area contributed by atoms with Crippen LogP contribution >= 0.6 is 0 Å². The zero-order chi connectivity index (χ0) is 10.4. The predicted octanol–water partition coefficient (Wildman–Crippen LogP) is 0.632. The van der Waals surface area contributed by atoms with Gasteiger partial charge in [0, 0.05) is 6.54 Å². The molecule has 0 aromatic carbocycles. The van der Waals surface area contributed by atoms with Gasteiger partial charge in [0.05, 0.1) is 12.6 Å². The van der Waals surface area contributed by atoms with Crippen molar-refractivity contribution in [3.63, 3.8) is 0 Å². The average molecular weight is 199 g/mol. The Morgan fingerprint density at radius 3 is 2.71 bits per heavy atom. The van der Waals surface area contributed by atoms with E-state index in [1.807, 2.05) is 13.0 Å². The third kappa shape index (κ3) is 3.49. The van der Waals surface area contributed by atoms with Crippen LogP contribution in [0.5, 0.6) is 0 Å². The van der Waals surface area contributed by atoms with E-state index < -0.39 is 0 Å². The van der Waals surface area contributed by atoms with Gasteiger partial charge < -0.3 is 19.9 Å². The Kier molecular flexibility index (Phi) is 4.65. The molecule has 4 heteroatoms. The quantitative estimate of drug-likeness (QED) is 0.628. The molecule has 14 heavy (non-hydrogen) atoms. The van der Waals surface area contributed by atoms with Crippen molar-refractivity contribution in [3.8, 4) is 0 Å². The van der Waals surface area contributed by atoms with Crippen molar-refractivity contribution in [1.82, 2.24) is 5.32 Å². The molecule has 0 saturated heterocycles. The Labute approximate surface area is 83.6 Å². The number of furan rings is 1. The van der Waals surface area contributed by atoms with Crippen molar-refractivity contribution in [3.05, 3.63) is 23.7 Å². The molecule has 80 valence electrons. The molecule has 1 aromatic heterocycles. The first-order valence-corrected chi connectivity index (χ1v) is 4.83. The van der Waals surface area contributed by atoms with Crippen LogP contribution in [0.15, 0.2) is 16.5 Å². The van der Waals surface area contributed by atoms with Gasteiger partial charge in [-0.2, -0.15) is 0 Å². The van der Waals surface area contributed by atoms with Crippen LogP contribution in [0.2, 0.25) is 0 Å². The third-order valence-electron chi connectivity index (χ3n) is 2.02. The van der Waals surface area contributed by atoms with Gasteiger partial charge in [-0.1, -0.05) is 6.92 Å². The molecule has 0 aliphatic carbocycles. The minimum atomic E-state index is -0.303. The van der Waals surface area contributed by atoms with E-state index in [1.54, 1.807) is 6.07 Å². The number of aliphatic hydroxyl groups excluding tert-OH is 2. The fourth-order valence-corrected chi connectivity index (χ4v) is 1.11. The largest absolute Gasteiger partial charge is 0.462 e. The summed E-state index contributed by atoms with van der Waals surface area (Å²) in [6.07, 6.45) is 0.440. The lowest BCUT2D eigenvalue weighted by atomic mass is 10.3. The Bertz CT molecular complexity index is 260. The van der Waals surface area contributed by atoms with Crippen molar-refractivity contribution in [2.24, 2.45) is 0 Å². The SMILES string of the molecule is CCC(O)CNCc1ccc(CO)o1. The normalized spacial score (nSPS) is 13.1. The number of rotatable bonds is 6. The van der Waals surface area contributed by atoms with E-state index >= 15 is 0 Å². The number of nitrogens with one attached hydrogen (secondary N) is 1. The second kappa shape index (κ2) is 5.80. The van der Waals surface area contributed by atoms with Crippen LogP contribution in [0.25, 0.3) is 0 Å². The fourth-order valence-electron chi connectivity index (χ4n) is 1.11. The molecule has 4 nitrogen and oxygen atoms in total. The first-order chi connectivity index (χ1) is 6.76. The highest BCUT2D eigenvalue weighted by Crippen LogP contribution is 2.06. The van der Waals surface area contributed by atoms with E-state index in [0.717, 1.165) is 12.2 Å². The molecular formula is C10H17NO3. The van der Waals surface area contributed by atoms with E-state index in [9.17, 15) is 5.11 Å². The first-order valence-electron chi connectivity index (χ1n) is 4.83. The standard InChI is InChI=1S/C10H17NO3/c1-2-8(13)5-11-6-9-3-4-10(7-12)14-9/h3-4,8,11-13H,2,5-7H2,1H3. The zero-order valence-corrected chi connectivity index (χ0v) is 8.36. The second-order valence-corrected chi connectivity index (χ2v) is 3.22. The van der Waals surface area contributed by atoms with Crippen LogP contribution in [-0.4, -0.2) is 22.9 Å². The predicted molar refractivity (Wildman–Crippen MR) is 52.6 cm³/mol. The summed E-state index contributed by atoms with van der Waals surface area (Å²) in [6, 6.07) is 3.56. The van der Waals surface area contributed by atoms with Crippen molar-refractivity contribution < 1.29 is 14.6 Å². The third-order valence-corrected chi connectivity index (χ3v) is 2.02. The summed E-state index contributed by atoms with van der Waals surface area (Å²) in [7, 11) is 0. The molecule has 0 spiro atoms. The smallest absolute Gasteiger partial charge is 0.129 e. The monoisotopic (exact) mass is 199 g/mol. The molecule has 0 aliphatic rings. The maximum Gasteiger partial charge on any atom is 0.129 e. The lowest BCUT2D eigenvalue weighted by Gasteiger charge is -2.07. The zero-order valence-electron chi connectivity index (χ0n) is 8.36. The molecule has 0 saturated carbocycles. The molecule has 1 heterocycles. The summed E-state index contributed by atoms with van der Waals surface area (Å²) in [5.74, 6) is 1.34. The molecule has 0 bridgehead atoms. The topological polar surface area (TPSA) is 65.6 Å². The highest BCUT2D eigenvalue weighted by atomic mass is 16.4. The van der Waals surface area contributed by atoms with E-state index in [-0.39, 0.29) is 12.7 Å². The molecule has 1 aromatic rings. The number of aliphatic hydroxyl groups is 2. The minimum absolute atomic E-state index is 0.0718. The lowest BCUT2D eigenvalue weighted by Crippen LogP contribution is -2.25. The molecule has 0 radical (unpaired) electrons. The van der Waals surface area contributed by atoms with E-state index in [1.165, 1.54) is 0 Å². The van der Waals surface area contributed by atoms with Crippen LogP contribution < -0.4 is 5.32 Å². The van der Waals surface area contributed by atoms with Gasteiger partial charge in [-0.05, 0) is 18.6 Å². The summed E-state index contributed by atoms with van der Waals surface area (Å²) in [5, 5.41) is 21.1. The highest BCUT2D eigenvalue weighted by molar-refractivity contribution is 5.05. The van der Waals surface area contributed by atoms with Crippen molar-refractivity contribution >= 4 is 0 Å². The van der Waals surface area contributed by atoms with Gasteiger partial charge in [-0.15, -0.1) is 0 Å². The van der Waals surface area contributed by atoms with E-state index in [0.29, 0.717) is 18.8 Å². The van der Waals surface area contributed by atoms with Gasteiger partial charge in [-0.3, -0.25) is 0 Å².